The first-order chi connectivity index (χ1) is 11.7. The molecule has 1 aliphatic rings. The average Bonchev–Trinajstić information content (AvgIpc) is 3.01. The highest BCUT2D eigenvalue weighted by Gasteiger charge is 2.18. The van der Waals surface area contributed by atoms with Crippen molar-refractivity contribution in [2.24, 2.45) is 0 Å². The average molecular weight is 367 g/mol. The molecule has 9 heteroatoms. The standard InChI is InChI=1S/C16H16F2N6.ClH/c17-9-4-11-12(7-21-14(11)20-5-9)15-22-8-13(18)16(24-15)23-10-2-1-3-19-6-10;/h4-5,7-8,10,19H,1-3,6H2,(H,20,21)(H,22,23,24);1H. The number of hydrogen-bond donors (Lipinski definition) is 3. The maximum atomic E-state index is 14.1. The molecule has 1 saturated heterocycles. The first-order valence-electron chi connectivity index (χ1n) is 7.83. The van der Waals surface area contributed by atoms with Gasteiger partial charge in [-0.15, -0.1) is 12.4 Å². The van der Waals surface area contributed by atoms with E-state index in [-0.39, 0.29) is 24.3 Å². The molecule has 1 atom stereocenters. The van der Waals surface area contributed by atoms with Crippen molar-refractivity contribution in [3.63, 3.8) is 0 Å². The van der Waals surface area contributed by atoms with Crippen LogP contribution in [0.5, 0.6) is 0 Å². The van der Waals surface area contributed by atoms with Gasteiger partial charge in [0.2, 0.25) is 0 Å². The second kappa shape index (κ2) is 7.28. The summed E-state index contributed by atoms with van der Waals surface area (Å²) in [6, 6.07) is 1.48. The first-order valence-corrected chi connectivity index (χ1v) is 7.83. The predicted octanol–water partition coefficient (Wildman–Crippen LogP) is 2.88. The van der Waals surface area contributed by atoms with Crippen LogP contribution >= 0.6 is 12.4 Å². The van der Waals surface area contributed by atoms with E-state index in [2.05, 4.69) is 30.6 Å². The summed E-state index contributed by atoms with van der Waals surface area (Å²) < 4.78 is 27.5. The van der Waals surface area contributed by atoms with E-state index >= 15 is 0 Å². The Morgan fingerprint density at radius 3 is 2.88 bits per heavy atom. The van der Waals surface area contributed by atoms with E-state index in [4.69, 9.17) is 0 Å². The van der Waals surface area contributed by atoms with Crippen LogP contribution in [0.2, 0.25) is 0 Å². The smallest absolute Gasteiger partial charge is 0.183 e. The molecule has 0 bridgehead atoms. The molecule has 1 aliphatic heterocycles. The number of nitrogens with zero attached hydrogens (tertiary/aromatic N) is 3. The molecule has 0 radical (unpaired) electrons. The van der Waals surface area contributed by atoms with Gasteiger partial charge in [0, 0.05) is 29.7 Å². The Hall–Kier alpha value is -2.32. The van der Waals surface area contributed by atoms with Gasteiger partial charge in [-0.2, -0.15) is 0 Å². The highest BCUT2D eigenvalue weighted by Crippen LogP contribution is 2.27. The number of H-pyrrole nitrogens is 1. The lowest BCUT2D eigenvalue weighted by molar-refractivity contribution is 0.476. The molecular formula is C16H17ClF2N6. The number of nitrogens with one attached hydrogen (secondary N) is 3. The number of hydrogen-bond acceptors (Lipinski definition) is 5. The summed E-state index contributed by atoms with van der Waals surface area (Å²) in [4.78, 5) is 15.3. The summed E-state index contributed by atoms with van der Waals surface area (Å²) in [5.41, 5.74) is 1.12. The SMILES string of the molecule is Cl.Fc1cnc2[nH]cc(-c3ncc(F)c(NC4CCCNC4)n3)c2c1. The molecule has 0 aliphatic carbocycles. The van der Waals surface area contributed by atoms with Gasteiger partial charge < -0.3 is 15.6 Å². The van der Waals surface area contributed by atoms with Crippen molar-refractivity contribution in [2.75, 3.05) is 18.4 Å². The fourth-order valence-corrected chi connectivity index (χ4v) is 2.93. The number of piperidine rings is 1. The molecule has 132 valence electrons. The quantitative estimate of drug-likeness (QED) is 0.664. The largest absolute Gasteiger partial charge is 0.364 e. The Bertz CT molecular complexity index is 878. The van der Waals surface area contributed by atoms with Crippen molar-refractivity contribution < 1.29 is 8.78 Å². The minimum atomic E-state index is -0.506. The molecular weight excluding hydrogens is 350 g/mol. The molecule has 4 rings (SSSR count). The Kier molecular flexibility index (Phi) is 5.10. The Balaban J connectivity index is 0.00000182. The highest BCUT2D eigenvalue weighted by molar-refractivity contribution is 5.91. The van der Waals surface area contributed by atoms with Crippen LogP contribution in [0.3, 0.4) is 0 Å². The van der Waals surface area contributed by atoms with Crippen LogP contribution in [0.4, 0.5) is 14.6 Å². The van der Waals surface area contributed by atoms with Gasteiger partial charge in [-0.3, -0.25) is 0 Å². The van der Waals surface area contributed by atoms with Crippen LogP contribution < -0.4 is 10.6 Å². The van der Waals surface area contributed by atoms with Gasteiger partial charge in [-0.1, -0.05) is 0 Å². The third kappa shape index (κ3) is 3.54. The second-order valence-electron chi connectivity index (χ2n) is 5.83. The van der Waals surface area contributed by atoms with Crippen molar-refractivity contribution in [1.29, 1.82) is 0 Å². The summed E-state index contributed by atoms with van der Waals surface area (Å²) in [7, 11) is 0. The van der Waals surface area contributed by atoms with Crippen molar-refractivity contribution >= 4 is 29.3 Å². The van der Waals surface area contributed by atoms with Crippen LogP contribution in [0.15, 0.2) is 24.7 Å². The van der Waals surface area contributed by atoms with Crippen molar-refractivity contribution in [1.82, 2.24) is 25.3 Å². The Labute approximate surface area is 148 Å². The third-order valence-electron chi connectivity index (χ3n) is 4.12. The summed E-state index contributed by atoms with van der Waals surface area (Å²) in [5, 5.41) is 6.95. The number of aromatic amines is 1. The zero-order valence-corrected chi connectivity index (χ0v) is 14.0. The number of aromatic nitrogens is 4. The summed E-state index contributed by atoms with van der Waals surface area (Å²) in [5.74, 6) is -0.473. The van der Waals surface area contributed by atoms with Gasteiger partial charge >= 0.3 is 0 Å². The highest BCUT2D eigenvalue weighted by atomic mass is 35.5. The minimum Gasteiger partial charge on any atom is -0.364 e. The van der Waals surface area contributed by atoms with E-state index in [0.717, 1.165) is 38.3 Å². The fourth-order valence-electron chi connectivity index (χ4n) is 2.93. The molecule has 25 heavy (non-hydrogen) atoms. The van der Waals surface area contributed by atoms with Gasteiger partial charge in [0.05, 0.1) is 12.4 Å². The van der Waals surface area contributed by atoms with E-state index < -0.39 is 11.6 Å². The normalized spacial score (nSPS) is 17.3. The summed E-state index contributed by atoms with van der Waals surface area (Å²) >= 11 is 0. The van der Waals surface area contributed by atoms with Crippen LogP contribution in [-0.4, -0.2) is 39.1 Å². The molecule has 1 fully saturated rings. The number of fused-ring (bicyclic) bond motifs is 1. The number of anilines is 1. The monoisotopic (exact) mass is 366 g/mol. The van der Waals surface area contributed by atoms with Gasteiger partial charge in [0.25, 0.3) is 0 Å². The van der Waals surface area contributed by atoms with Crippen LogP contribution in [0.25, 0.3) is 22.4 Å². The number of pyridine rings is 1. The maximum absolute atomic E-state index is 14.1. The summed E-state index contributed by atoms with van der Waals surface area (Å²) in [6.45, 7) is 1.74. The molecule has 4 heterocycles. The lowest BCUT2D eigenvalue weighted by Crippen LogP contribution is -2.38. The Morgan fingerprint density at radius 1 is 1.20 bits per heavy atom. The van der Waals surface area contributed by atoms with Crippen molar-refractivity contribution in [2.45, 2.75) is 18.9 Å². The minimum absolute atomic E-state index is 0. The number of rotatable bonds is 3. The van der Waals surface area contributed by atoms with E-state index in [1.54, 1.807) is 6.20 Å². The van der Waals surface area contributed by atoms with Crippen molar-refractivity contribution in [3.05, 3.63) is 36.3 Å². The molecule has 3 aromatic heterocycles. The van der Waals surface area contributed by atoms with Crippen LogP contribution in [0, 0.1) is 11.6 Å². The third-order valence-corrected chi connectivity index (χ3v) is 4.12. The van der Waals surface area contributed by atoms with Crippen LogP contribution in [0.1, 0.15) is 12.8 Å². The number of halogens is 3. The van der Waals surface area contributed by atoms with E-state index in [1.807, 2.05) is 0 Å². The topological polar surface area (TPSA) is 78.5 Å². The zero-order valence-electron chi connectivity index (χ0n) is 13.2. The Morgan fingerprint density at radius 2 is 2.08 bits per heavy atom. The molecule has 3 aromatic rings. The molecule has 3 N–H and O–H groups in total. The second-order valence-corrected chi connectivity index (χ2v) is 5.83. The maximum Gasteiger partial charge on any atom is 0.183 e. The van der Waals surface area contributed by atoms with Crippen LogP contribution in [-0.2, 0) is 0 Å². The molecule has 0 spiro atoms. The molecule has 1 unspecified atom stereocenters. The molecule has 0 saturated carbocycles. The predicted molar refractivity (Wildman–Crippen MR) is 93.8 cm³/mol. The first kappa shape index (κ1) is 17.5. The van der Waals surface area contributed by atoms with Gasteiger partial charge in [-0.25, -0.2) is 23.7 Å². The molecule has 0 aromatic carbocycles. The fraction of sp³-hybridized carbons (Fsp3) is 0.312. The molecule has 0 amide bonds. The lowest BCUT2D eigenvalue weighted by Gasteiger charge is -2.24. The summed E-state index contributed by atoms with van der Waals surface area (Å²) in [6.07, 6.45) is 5.90. The lowest BCUT2D eigenvalue weighted by atomic mass is 10.1. The van der Waals surface area contributed by atoms with E-state index in [9.17, 15) is 8.78 Å². The van der Waals surface area contributed by atoms with Gasteiger partial charge in [0.15, 0.2) is 17.5 Å². The van der Waals surface area contributed by atoms with Gasteiger partial charge in [0.1, 0.15) is 11.5 Å². The van der Waals surface area contributed by atoms with Crippen molar-refractivity contribution in [3.8, 4) is 11.4 Å². The van der Waals surface area contributed by atoms with Gasteiger partial charge in [-0.05, 0) is 25.5 Å². The molecule has 6 nitrogen and oxygen atoms in total. The zero-order chi connectivity index (χ0) is 16.5. The van der Waals surface area contributed by atoms with E-state index in [1.165, 1.54) is 6.07 Å². The van der Waals surface area contributed by atoms with E-state index in [0.29, 0.717) is 22.4 Å².